The zero-order valence-corrected chi connectivity index (χ0v) is 79.3. The molecule has 10 N–H and O–H groups in total. The lowest BCUT2D eigenvalue weighted by atomic mass is 10.1. The minimum Gasteiger partial charge on any atom is -0.383 e. The van der Waals surface area contributed by atoms with Gasteiger partial charge in [-0.05, 0) is 171 Å². The van der Waals surface area contributed by atoms with E-state index in [1.165, 1.54) is 39.3 Å². The normalized spacial score (nSPS) is 12.0. The summed E-state index contributed by atoms with van der Waals surface area (Å²) in [6.45, 7) is 20.0. The van der Waals surface area contributed by atoms with Crippen molar-refractivity contribution in [1.29, 1.82) is 0 Å². The van der Waals surface area contributed by atoms with E-state index in [4.69, 9.17) is 37.9 Å². The number of nitrogens with two attached hydrogens (primary N) is 4. The van der Waals surface area contributed by atoms with Crippen molar-refractivity contribution in [3.05, 3.63) is 339 Å². The number of aryl methyl sites for hydroxylation is 8. The molecule has 39 heteroatoms. The van der Waals surface area contributed by atoms with Crippen LogP contribution in [0.25, 0.3) is 110 Å². The Hall–Kier alpha value is -17.9. The van der Waals surface area contributed by atoms with E-state index in [9.17, 15) is 44.0 Å². The summed E-state index contributed by atoms with van der Waals surface area (Å²) in [4.78, 5) is 132. The van der Waals surface area contributed by atoms with Gasteiger partial charge in [-0.3, -0.25) is 67.2 Å². The van der Waals surface area contributed by atoms with E-state index >= 15 is 0 Å². The maximum absolute atomic E-state index is 14.0. The van der Waals surface area contributed by atoms with E-state index in [0.717, 1.165) is 94.8 Å². The van der Waals surface area contributed by atoms with E-state index < -0.39 is 11.8 Å². The predicted molar refractivity (Wildman–Crippen MR) is 539 cm³/mol. The van der Waals surface area contributed by atoms with Crippen molar-refractivity contribution in [2.45, 2.75) is 108 Å². The van der Waals surface area contributed by atoms with Gasteiger partial charge in [0.05, 0.1) is 148 Å². The van der Waals surface area contributed by atoms with Gasteiger partial charge in [0, 0.05) is 56.8 Å². The van der Waals surface area contributed by atoms with Crippen molar-refractivity contribution < 1.29 is 29.5 Å². The van der Waals surface area contributed by atoms with Gasteiger partial charge in [0.25, 0.3) is 28.1 Å². The molecule has 20 aromatic rings. The van der Waals surface area contributed by atoms with E-state index in [1.54, 1.807) is 48.1 Å². The van der Waals surface area contributed by atoms with Crippen LogP contribution in [0.2, 0.25) is 0 Å². The van der Waals surface area contributed by atoms with Gasteiger partial charge in [-0.15, -0.1) is 5.10 Å². The highest BCUT2D eigenvalue weighted by Gasteiger charge is 2.29. The van der Waals surface area contributed by atoms with Crippen LogP contribution < -0.4 is 45.2 Å². The molecule has 0 spiro atoms. The summed E-state index contributed by atoms with van der Waals surface area (Å²) in [6, 6.07) is 58.2. The first kappa shape index (κ1) is 94.5. The zero-order chi connectivity index (χ0) is 99.7. The molecule has 21 rings (SSSR count). The molecule has 0 radical (unpaired) electrons. The molecule has 0 bridgehead atoms. The van der Waals surface area contributed by atoms with E-state index in [2.05, 4.69) is 60.3 Å². The molecule has 13 aromatic heterocycles. The molecule has 1 aliphatic heterocycles. The Balaban J connectivity index is 0.000000125. The van der Waals surface area contributed by atoms with E-state index in [0.29, 0.717) is 136 Å². The Morgan fingerprint density at radius 1 is 0.387 bits per heavy atom. The molecule has 0 aliphatic carbocycles. The Bertz CT molecular complexity index is 8680. The minimum atomic E-state index is -0.553. The number of hydroxylamine groups is 4. The quantitative estimate of drug-likeness (QED) is 0.0323. The number of amides is 3. The Morgan fingerprint density at radius 3 is 1.15 bits per heavy atom. The fourth-order valence-electron chi connectivity index (χ4n) is 18.3. The molecule has 39 nitrogen and oxygen atoms in total. The lowest BCUT2D eigenvalue weighted by molar-refractivity contribution is -0.162. The minimum absolute atomic E-state index is 0.0406. The molecule has 716 valence electrons. The van der Waals surface area contributed by atoms with Crippen LogP contribution in [0.15, 0.2) is 233 Å². The van der Waals surface area contributed by atoms with Crippen molar-refractivity contribution in [2.75, 3.05) is 62.8 Å². The van der Waals surface area contributed by atoms with E-state index in [-0.39, 0.29) is 103 Å². The fraction of sp³-hybridized carbons (Fsp3) is 0.214. The monoisotopic (exact) mass is 1900 g/mol. The second-order valence-electron chi connectivity index (χ2n) is 34.8. The Morgan fingerprint density at radius 2 is 0.739 bits per heavy atom. The second-order valence-corrected chi connectivity index (χ2v) is 34.8. The molecule has 1 aliphatic rings. The highest BCUT2D eigenvalue weighted by molar-refractivity contribution is 5.95. The number of carbonyl (C=O) groups is 3. The SMILES string of the molecule is CC(=O)N(O)CCc1nn(Cc2cc3cccc(C)c3c(=O)n2-c2ccccc2C)c2ncnc(N)c12.Cc1ccccc1-n1c(Cn2nc(CC(=O)N(C)O)c3c(N)ncnc32)cc2cccc(C)c2c1=O.Cc1ccccc1-n1c(Cn2nc(CC(=O)N3CCOCC3)c3c(N)ncnc32)cc2cccc(C)c2c1=O.Cc1ccccc1-n1c(Cn2nnc3c(N)ncnc32)cc2nccc(C)c2c1=O. The number of likely N-dealkylation sites (N-methyl/N-ethyl adjacent to an activating group) is 1. The number of ether oxygens (including phenoxy) is 1. The number of benzene rings is 7. The summed E-state index contributed by atoms with van der Waals surface area (Å²) in [7, 11) is 1.25. The van der Waals surface area contributed by atoms with Gasteiger partial charge in [-0.2, -0.15) is 15.3 Å². The molecule has 142 heavy (non-hydrogen) atoms. The smallest absolute Gasteiger partial charge is 0.265 e. The first-order valence-electron chi connectivity index (χ1n) is 45.6. The Kier molecular flexibility index (Phi) is 26.4. The van der Waals surface area contributed by atoms with Gasteiger partial charge in [-0.1, -0.05) is 133 Å². The number of nitrogen functional groups attached to an aromatic ring is 4. The highest BCUT2D eigenvalue weighted by atomic mass is 16.5. The molecule has 0 unspecified atom stereocenters. The fourth-order valence-corrected chi connectivity index (χ4v) is 18.3. The summed E-state index contributed by atoms with van der Waals surface area (Å²) in [5.74, 6) is -0.112. The Labute approximate surface area is 808 Å². The average Bonchev–Trinajstić information content (AvgIpc) is 1.25. The van der Waals surface area contributed by atoms with Crippen LogP contribution >= 0.6 is 0 Å². The third kappa shape index (κ3) is 18.4. The number of carbonyl (C=O) groups excluding carboxylic acids is 3. The molecule has 14 heterocycles. The summed E-state index contributed by atoms with van der Waals surface area (Å²) in [5.41, 5.74) is 41.9. The van der Waals surface area contributed by atoms with Crippen LogP contribution in [0.3, 0.4) is 0 Å². The maximum Gasteiger partial charge on any atom is 0.265 e. The molecule has 0 saturated carbocycles. The highest BCUT2D eigenvalue weighted by Crippen LogP contribution is 2.33. The van der Waals surface area contributed by atoms with Gasteiger partial charge >= 0.3 is 0 Å². The predicted octanol–water partition coefficient (Wildman–Crippen LogP) is 10.9. The maximum atomic E-state index is 14.0. The standard InChI is InChI=1S/C29H29N7O3.C27H27N7O3.C26H25N7O3.C21H18N8O/c1-18-6-3-4-9-23(18)36-21(14-20-8-5-7-19(2)25(20)29(36)38)16-35-28-26(27(30)31-17-32-28)22(33-35)15-24(37)34-10-12-39-13-11-34;1-16-7-4-5-10-22(16)34-20(13-19-9-6-8-17(2)23(19)27(34)36)14-32-26-24(25(28)29-15-30-26)21(31-32)11-12-33(37)18(3)35;1-15-7-4-5-10-20(15)33-18(11-17-9-6-8-16(2)22(17)26(33)35)13-32-25-23(24(27)28-14-29-25)19(30-32)12-21(34)31(3)36;1-12-5-3-4-6-16(12)29-14(9-15-17(21(29)30)13(2)7-8-23-15)10-28-20-18(26-27-28)19(22)24-11-25-20/h3-9,14,17H,10-13,15-16H2,1-2H3,(H2,30,31,32);4-10,13,15,37H,11-12,14H2,1-3H3,(H2,28,29,30);4-11,14,36H,12-13H2,1-3H3,(H2,27,28,29);3-9,11H,10H2,1-2H3,(H2,22,24,25). The molecule has 1 fully saturated rings. The number of pyridine rings is 5. The summed E-state index contributed by atoms with van der Waals surface area (Å²) in [6.07, 6.45) is 7.30. The van der Waals surface area contributed by atoms with Crippen molar-refractivity contribution in [2.24, 2.45) is 0 Å². The van der Waals surface area contributed by atoms with Crippen LogP contribution in [-0.2, 0) is 64.6 Å². The van der Waals surface area contributed by atoms with Crippen molar-refractivity contribution in [1.82, 2.24) is 122 Å². The van der Waals surface area contributed by atoms with Crippen LogP contribution in [0, 0.1) is 55.4 Å². The number of morpholine rings is 1. The van der Waals surface area contributed by atoms with Crippen LogP contribution in [0.4, 0.5) is 23.3 Å². The molecule has 1 saturated heterocycles. The van der Waals surface area contributed by atoms with Crippen LogP contribution in [0.1, 0.15) is 91.3 Å². The summed E-state index contributed by atoms with van der Waals surface area (Å²) < 4.78 is 18.9. The van der Waals surface area contributed by atoms with Crippen molar-refractivity contribution >= 4 is 128 Å². The number of nitrogens with zero attached hydrogens (tertiary/aromatic N) is 25. The number of anilines is 4. The van der Waals surface area contributed by atoms with Gasteiger partial charge < -0.3 is 32.6 Å². The van der Waals surface area contributed by atoms with Gasteiger partial charge in [0.2, 0.25) is 11.8 Å². The third-order valence-electron chi connectivity index (χ3n) is 25.4. The lowest BCUT2D eigenvalue weighted by Crippen LogP contribution is -2.41. The number of hydrogen-bond donors (Lipinski definition) is 6. The van der Waals surface area contributed by atoms with Crippen LogP contribution in [-0.4, -0.2) is 191 Å². The molecule has 3 amide bonds. The average molecular weight is 1900 g/mol. The first-order valence-corrected chi connectivity index (χ1v) is 45.6. The van der Waals surface area contributed by atoms with Gasteiger partial charge in [0.15, 0.2) is 33.9 Å². The number of para-hydroxylation sites is 4. The summed E-state index contributed by atoms with van der Waals surface area (Å²) >= 11 is 0. The van der Waals surface area contributed by atoms with Crippen LogP contribution in [0.5, 0.6) is 0 Å². The molecule has 7 aromatic carbocycles. The second kappa shape index (κ2) is 39.7. The largest absolute Gasteiger partial charge is 0.383 e. The third-order valence-corrected chi connectivity index (χ3v) is 25.4. The van der Waals surface area contributed by atoms with Gasteiger partial charge in [0.1, 0.15) is 42.8 Å². The van der Waals surface area contributed by atoms with Crippen molar-refractivity contribution in [3.8, 4) is 22.7 Å². The molecular formula is C103H99N29O10. The zero-order valence-electron chi connectivity index (χ0n) is 79.3. The van der Waals surface area contributed by atoms with E-state index in [1.807, 2.05) is 237 Å². The number of rotatable bonds is 19. The first-order chi connectivity index (χ1) is 68.5. The number of hydrogen-bond acceptors (Lipinski definition) is 28. The molecule has 0 atom stereocenters. The lowest BCUT2D eigenvalue weighted by Gasteiger charge is -2.26. The number of fused-ring (bicyclic) bond motifs is 8. The van der Waals surface area contributed by atoms with Crippen molar-refractivity contribution in [3.63, 3.8) is 0 Å². The topological polar surface area (TPSA) is 503 Å². The summed E-state index contributed by atoms with van der Waals surface area (Å²) in [5, 5.41) is 49.6. The molecular weight excluding hydrogens is 1800 g/mol. The number of aromatic nitrogens is 22. The van der Waals surface area contributed by atoms with Gasteiger partial charge in [-0.25, -0.2) is 68.7 Å².